The van der Waals surface area contributed by atoms with Gasteiger partial charge >= 0.3 is 0 Å². The summed E-state index contributed by atoms with van der Waals surface area (Å²) in [4.78, 5) is 0. The molecule has 0 aliphatic heterocycles. The maximum atomic E-state index is 14.4. The van der Waals surface area contributed by atoms with Crippen LogP contribution in [0.5, 0.6) is 0 Å². The molecule has 0 spiro atoms. The first-order valence-corrected chi connectivity index (χ1v) is 7.15. The van der Waals surface area contributed by atoms with Crippen LogP contribution in [0.2, 0.25) is 0 Å². The van der Waals surface area contributed by atoms with Crippen LogP contribution in [0.25, 0.3) is 0 Å². The lowest BCUT2D eigenvalue weighted by Gasteiger charge is -2.22. The number of benzene rings is 1. The second-order valence-electron chi connectivity index (χ2n) is 5.77. The number of alkyl halides is 1. The monoisotopic (exact) mass is 248 g/mol. The third-order valence-corrected chi connectivity index (χ3v) is 4.43. The minimum absolute atomic E-state index is 0.168. The van der Waals surface area contributed by atoms with E-state index in [9.17, 15) is 4.39 Å². The smallest absolute Gasteiger partial charge is 0.213 e. The van der Waals surface area contributed by atoms with E-state index in [1.165, 1.54) is 32.1 Å². The highest BCUT2D eigenvalue weighted by atomic mass is 19.2. The molecule has 0 radical (unpaired) electrons. The molecule has 0 heterocycles. The van der Waals surface area contributed by atoms with Gasteiger partial charge in [-0.3, -0.25) is 0 Å². The van der Waals surface area contributed by atoms with Gasteiger partial charge < -0.3 is 4.74 Å². The van der Waals surface area contributed by atoms with E-state index in [0.717, 1.165) is 5.56 Å². The first kappa shape index (κ1) is 12.2. The molecule has 2 heteroatoms. The lowest BCUT2D eigenvalue weighted by molar-refractivity contribution is -0.0926. The maximum absolute atomic E-state index is 14.4. The molecular formula is C16H21FO. The SMILES string of the molecule is FC1(OCc2ccccc2)CC1C1CCCCC1. The minimum atomic E-state index is -1.32. The Bertz CT molecular complexity index is 385. The Labute approximate surface area is 108 Å². The molecule has 2 saturated carbocycles. The number of hydrogen-bond acceptors (Lipinski definition) is 1. The van der Waals surface area contributed by atoms with Crippen molar-refractivity contribution in [2.75, 3.05) is 0 Å². The quantitative estimate of drug-likeness (QED) is 0.764. The van der Waals surface area contributed by atoms with Crippen LogP contribution in [0.1, 0.15) is 44.1 Å². The average Bonchev–Trinajstić information content (AvgIpc) is 3.12. The zero-order valence-corrected chi connectivity index (χ0v) is 10.8. The van der Waals surface area contributed by atoms with E-state index in [2.05, 4.69) is 0 Å². The molecule has 1 aromatic rings. The van der Waals surface area contributed by atoms with Crippen molar-refractivity contribution in [2.45, 2.75) is 51.0 Å². The molecule has 0 N–H and O–H groups in total. The highest BCUT2D eigenvalue weighted by molar-refractivity contribution is 5.14. The topological polar surface area (TPSA) is 9.23 Å². The molecule has 0 amide bonds. The third-order valence-electron chi connectivity index (χ3n) is 4.43. The molecule has 98 valence electrons. The van der Waals surface area contributed by atoms with Crippen molar-refractivity contribution in [1.82, 2.24) is 0 Å². The molecule has 0 bridgehead atoms. The van der Waals surface area contributed by atoms with E-state index in [1.54, 1.807) is 0 Å². The van der Waals surface area contributed by atoms with Crippen LogP contribution in [0.4, 0.5) is 4.39 Å². The van der Waals surface area contributed by atoms with Gasteiger partial charge in [-0.15, -0.1) is 0 Å². The first-order chi connectivity index (χ1) is 8.78. The summed E-state index contributed by atoms with van der Waals surface area (Å²) in [6, 6.07) is 9.88. The average molecular weight is 248 g/mol. The van der Waals surface area contributed by atoms with Crippen LogP contribution in [0.3, 0.4) is 0 Å². The van der Waals surface area contributed by atoms with Crippen LogP contribution in [0, 0.1) is 11.8 Å². The van der Waals surface area contributed by atoms with E-state index in [0.29, 0.717) is 18.9 Å². The van der Waals surface area contributed by atoms with Crippen molar-refractivity contribution in [1.29, 1.82) is 0 Å². The summed E-state index contributed by atoms with van der Waals surface area (Å²) >= 11 is 0. The molecule has 0 aromatic heterocycles. The molecule has 2 fully saturated rings. The minimum Gasteiger partial charge on any atom is -0.341 e. The van der Waals surface area contributed by atoms with E-state index in [4.69, 9.17) is 4.74 Å². The van der Waals surface area contributed by atoms with E-state index in [1.807, 2.05) is 30.3 Å². The summed E-state index contributed by atoms with van der Waals surface area (Å²) in [5.41, 5.74) is 1.06. The Kier molecular flexibility index (Phi) is 3.38. The zero-order chi connectivity index (χ0) is 12.4. The summed E-state index contributed by atoms with van der Waals surface area (Å²) < 4.78 is 19.9. The molecule has 2 atom stereocenters. The molecule has 1 nitrogen and oxygen atoms in total. The number of halogens is 1. The van der Waals surface area contributed by atoms with Gasteiger partial charge in [-0.05, 0) is 24.3 Å². The van der Waals surface area contributed by atoms with Crippen molar-refractivity contribution in [2.24, 2.45) is 11.8 Å². The fraction of sp³-hybridized carbons (Fsp3) is 0.625. The summed E-state index contributed by atoms with van der Waals surface area (Å²) in [6.07, 6.45) is 6.89. The van der Waals surface area contributed by atoms with Crippen LogP contribution < -0.4 is 0 Å². The summed E-state index contributed by atoms with van der Waals surface area (Å²) in [7, 11) is 0. The molecular weight excluding hydrogens is 227 g/mol. The van der Waals surface area contributed by atoms with Gasteiger partial charge in [0.2, 0.25) is 5.85 Å². The summed E-state index contributed by atoms with van der Waals surface area (Å²) in [6.45, 7) is 0.403. The van der Waals surface area contributed by atoms with Gasteiger partial charge in [-0.2, -0.15) is 0 Å². The van der Waals surface area contributed by atoms with Gasteiger partial charge in [0.25, 0.3) is 0 Å². The molecule has 18 heavy (non-hydrogen) atoms. The summed E-state index contributed by atoms with van der Waals surface area (Å²) in [5.74, 6) is -0.585. The fourth-order valence-electron chi connectivity index (χ4n) is 3.24. The van der Waals surface area contributed by atoms with Gasteiger partial charge in [-0.25, -0.2) is 4.39 Å². The number of rotatable bonds is 4. The Morgan fingerprint density at radius 3 is 2.56 bits per heavy atom. The van der Waals surface area contributed by atoms with Crippen LogP contribution in [-0.4, -0.2) is 5.85 Å². The van der Waals surface area contributed by atoms with Crippen molar-refractivity contribution in [3.05, 3.63) is 35.9 Å². The molecule has 1 aromatic carbocycles. The van der Waals surface area contributed by atoms with Crippen LogP contribution in [-0.2, 0) is 11.3 Å². The van der Waals surface area contributed by atoms with E-state index in [-0.39, 0.29) is 5.92 Å². The predicted molar refractivity (Wildman–Crippen MR) is 69.8 cm³/mol. The number of hydrogen-bond donors (Lipinski definition) is 0. The van der Waals surface area contributed by atoms with E-state index < -0.39 is 5.85 Å². The highest BCUT2D eigenvalue weighted by Gasteiger charge is 2.60. The summed E-state index contributed by atoms with van der Waals surface area (Å²) in [5, 5.41) is 0. The Hall–Kier alpha value is -0.890. The molecule has 3 rings (SSSR count). The second-order valence-corrected chi connectivity index (χ2v) is 5.77. The van der Waals surface area contributed by atoms with Gasteiger partial charge in [0.15, 0.2) is 0 Å². The van der Waals surface area contributed by atoms with Gasteiger partial charge in [0, 0.05) is 12.3 Å². The lowest BCUT2D eigenvalue weighted by atomic mass is 9.85. The zero-order valence-electron chi connectivity index (χ0n) is 10.8. The van der Waals surface area contributed by atoms with Crippen molar-refractivity contribution < 1.29 is 9.13 Å². The Balaban J connectivity index is 1.51. The van der Waals surface area contributed by atoms with Crippen LogP contribution >= 0.6 is 0 Å². The molecule has 2 unspecified atom stereocenters. The van der Waals surface area contributed by atoms with Gasteiger partial charge in [0.05, 0.1) is 6.61 Å². The van der Waals surface area contributed by atoms with Crippen molar-refractivity contribution in [3.63, 3.8) is 0 Å². The fourth-order valence-corrected chi connectivity index (χ4v) is 3.24. The Morgan fingerprint density at radius 2 is 1.83 bits per heavy atom. The van der Waals surface area contributed by atoms with E-state index >= 15 is 0 Å². The largest absolute Gasteiger partial charge is 0.341 e. The highest BCUT2D eigenvalue weighted by Crippen LogP contribution is 2.56. The molecule has 2 aliphatic rings. The normalized spacial score (nSPS) is 32.4. The maximum Gasteiger partial charge on any atom is 0.213 e. The number of ether oxygens (including phenoxy) is 1. The second kappa shape index (κ2) is 5.00. The molecule has 0 saturated heterocycles. The van der Waals surface area contributed by atoms with Crippen molar-refractivity contribution >= 4 is 0 Å². The van der Waals surface area contributed by atoms with Gasteiger partial charge in [-0.1, -0.05) is 49.6 Å². The van der Waals surface area contributed by atoms with Crippen LogP contribution in [0.15, 0.2) is 30.3 Å². The first-order valence-electron chi connectivity index (χ1n) is 7.15. The molecule has 2 aliphatic carbocycles. The predicted octanol–water partition coefficient (Wildman–Crippen LogP) is 4.47. The lowest BCUT2D eigenvalue weighted by Crippen LogP contribution is -2.18. The third kappa shape index (κ3) is 2.59. The Morgan fingerprint density at radius 1 is 1.11 bits per heavy atom. The van der Waals surface area contributed by atoms with Gasteiger partial charge in [0.1, 0.15) is 0 Å². The van der Waals surface area contributed by atoms with Crippen molar-refractivity contribution in [3.8, 4) is 0 Å². The standard InChI is InChI=1S/C16H21FO/c17-16(18-12-13-7-3-1-4-8-13)11-15(16)14-9-5-2-6-10-14/h1,3-4,7-8,14-15H,2,5-6,9-12H2.